The van der Waals surface area contributed by atoms with Gasteiger partial charge in [0.15, 0.2) is 0 Å². The highest BCUT2D eigenvalue weighted by molar-refractivity contribution is 9.10. The molecule has 0 aliphatic rings. The molecule has 0 spiro atoms. The number of alkyl halides is 2. The Hall–Kier alpha value is -0.730. The molecule has 4 nitrogen and oxygen atoms in total. The lowest BCUT2D eigenvalue weighted by Gasteiger charge is -2.17. The molecule has 0 N–H and O–H groups in total. The summed E-state index contributed by atoms with van der Waals surface area (Å²) in [6.07, 6.45) is -2.67. The van der Waals surface area contributed by atoms with Crippen LogP contribution in [0.25, 0.3) is 0 Å². The summed E-state index contributed by atoms with van der Waals surface area (Å²) in [7, 11) is 2.43. The monoisotopic (exact) mass is 389 g/mol. The summed E-state index contributed by atoms with van der Waals surface area (Å²) in [6, 6.07) is 2.46. The number of carbonyl (C=O) groups is 1. The van der Waals surface area contributed by atoms with Gasteiger partial charge in [-0.2, -0.15) is 0 Å². The van der Waals surface area contributed by atoms with Crippen LogP contribution in [0.4, 0.5) is 8.78 Å². The summed E-state index contributed by atoms with van der Waals surface area (Å²) in [5.74, 6) is -0.706. The first kappa shape index (κ1) is 17.3. The van der Waals surface area contributed by atoms with Crippen molar-refractivity contribution in [2.45, 2.75) is 18.2 Å². The van der Waals surface area contributed by atoms with Crippen LogP contribution in [0.1, 0.15) is 15.9 Å². The van der Waals surface area contributed by atoms with Gasteiger partial charge < -0.3 is 4.90 Å². The fraction of sp³-hybridized carbons (Fsp3) is 0.364. The first-order chi connectivity index (χ1) is 9.04. The Morgan fingerprint density at radius 3 is 2.45 bits per heavy atom. The fourth-order valence-electron chi connectivity index (χ4n) is 1.55. The molecule has 0 bridgehead atoms. The Morgan fingerprint density at radius 2 is 2.00 bits per heavy atom. The van der Waals surface area contributed by atoms with Gasteiger partial charge in [-0.05, 0) is 40.5 Å². The van der Waals surface area contributed by atoms with Gasteiger partial charge in [0, 0.05) is 27.8 Å². The van der Waals surface area contributed by atoms with E-state index in [2.05, 4.69) is 15.9 Å². The molecule has 0 saturated carbocycles. The van der Waals surface area contributed by atoms with E-state index in [0.29, 0.717) is 5.56 Å². The second kappa shape index (κ2) is 6.36. The van der Waals surface area contributed by atoms with E-state index in [9.17, 15) is 22.0 Å². The Labute approximate surface area is 128 Å². The van der Waals surface area contributed by atoms with Gasteiger partial charge in [-0.1, -0.05) is 0 Å². The smallest absolute Gasteiger partial charge is 0.262 e. The van der Waals surface area contributed by atoms with Crippen LogP contribution in [-0.2, 0) is 9.05 Å². The van der Waals surface area contributed by atoms with Crippen molar-refractivity contribution in [2.24, 2.45) is 0 Å². The van der Waals surface area contributed by atoms with Gasteiger partial charge >= 0.3 is 0 Å². The van der Waals surface area contributed by atoms with Crippen molar-refractivity contribution in [1.29, 1.82) is 0 Å². The molecule has 0 aliphatic heterocycles. The van der Waals surface area contributed by atoms with Gasteiger partial charge in [0.2, 0.25) is 0 Å². The van der Waals surface area contributed by atoms with E-state index in [-0.39, 0.29) is 14.9 Å². The van der Waals surface area contributed by atoms with Gasteiger partial charge in [0.05, 0.1) is 11.4 Å². The normalized spacial score (nSPS) is 11.8. The third kappa shape index (κ3) is 4.13. The average Bonchev–Trinajstić information content (AvgIpc) is 2.29. The van der Waals surface area contributed by atoms with Crippen molar-refractivity contribution in [2.75, 3.05) is 13.6 Å². The predicted molar refractivity (Wildman–Crippen MR) is 74.9 cm³/mol. The van der Waals surface area contributed by atoms with Crippen molar-refractivity contribution in [1.82, 2.24) is 4.90 Å². The molecular weight excluding hydrogens is 380 g/mol. The summed E-state index contributed by atoms with van der Waals surface area (Å²) < 4.78 is 47.6. The summed E-state index contributed by atoms with van der Waals surface area (Å²) in [5, 5.41) is 0. The number of aryl methyl sites for hydroxylation is 1. The topological polar surface area (TPSA) is 54.5 Å². The van der Waals surface area contributed by atoms with Gasteiger partial charge in [-0.15, -0.1) is 0 Å². The maximum atomic E-state index is 12.3. The first-order valence-electron chi connectivity index (χ1n) is 5.32. The fourth-order valence-corrected chi connectivity index (χ4v) is 3.70. The summed E-state index contributed by atoms with van der Waals surface area (Å²) in [6.45, 7) is 0.830. The zero-order valence-corrected chi connectivity index (χ0v) is 13.7. The highest BCUT2D eigenvalue weighted by atomic mass is 79.9. The second-order valence-electron chi connectivity index (χ2n) is 4.12. The summed E-state index contributed by atoms with van der Waals surface area (Å²) in [5.41, 5.74) is 0.439. The molecule has 0 aromatic heterocycles. The van der Waals surface area contributed by atoms with E-state index >= 15 is 0 Å². The van der Waals surface area contributed by atoms with Crippen LogP contribution in [0.5, 0.6) is 0 Å². The maximum Gasteiger partial charge on any atom is 0.262 e. The van der Waals surface area contributed by atoms with E-state index in [0.717, 1.165) is 11.0 Å². The number of nitrogens with zero attached hydrogens (tertiary/aromatic N) is 1. The zero-order valence-electron chi connectivity index (χ0n) is 10.5. The molecule has 1 aromatic rings. The van der Waals surface area contributed by atoms with Crippen LogP contribution in [0.3, 0.4) is 0 Å². The number of hydrogen-bond acceptors (Lipinski definition) is 3. The van der Waals surface area contributed by atoms with Crippen LogP contribution in [0.2, 0.25) is 0 Å². The molecule has 20 heavy (non-hydrogen) atoms. The summed E-state index contributed by atoms with van der Waals surface area (Å²) >= 11 is 3.07. The molecule has 0 aliphatic carbocycles. The number of amides is 1. The Morgan fingerprint density at radius 1 is 1.45 bits per heavy atom. The third-order valence-electron chi connectivity index (χ3n) is 2.49. The van der Waals surface area contributed by atoms with Crippen molar-refractivity contribution in [3.8, 4) is 0 Å². The van der Waals surface area contributed by atoms with Crippen molar-refractivity contribution in [3.05, 3.63) is 27.7 Å². The van der Waals surface area contributed by atoms with Crippen molar-refractivity contribution < 1.29 is 22.0 Å². The third-order valence-corrected chi connectivity index (χ3v) is 5.15. The number of benzene rings is 1. The second-order valence-corrected chi connectivity index (χ2v) is 7.45. The van der Waals surface area contributed by atoms with Crippen LogP contribution < -0.4 is 0 Å². The van der Waals surface area contributed by atoms with E-state index in [1.54, 1.807) is 6.92 Å². The lowest BCUT2D eigenvalue weighted by atomic mass is 10.1. The number of carbonyl (C=O) groups excluding carboxylic acids is 1. The molecule has 9 heteroatoms. The minimum absolute atomic E-state index is 0.0203. The highest BCUT2D eigenvalue weighted by Crippen LogP contribution is 2.30. The highest BCUT2D eigenvalue weighted by Gasteiger charge is 2.22. The number of hydrogen-bond donors (Lipinski definition) is 0. The molecular formula is C11H11BrClF2NO3S. The van der Waals surface area contributed by atoms with Gasteiger partial charge in [0.25, 0.3) is 21.4 Å². The predicted octanol–water partition coefficient (Wildman–Crippen LogP) is 3.02. The van der Waals surface area contributed by atoms with E-state index in [1.165, 1.54) is 13.1 Å². The first-order valence-corrected chi connectivity index (χ1v) is 8.42. The minimum Gasteiger partial charge on any atom is -0.336 e. The average molecular weight is 391 g/mol. The van der Waals surface area contributed by atoms with E-state index < -0.39 is 27.9 Å². The quantitative estimate of drug-likeness (QED) is 0.743. The molecule has 1 rings (SSSR count). The van der Waals surface area contributed by atoms with Crippen molar-refractivity contribution in [3.63, 3.8) is 0 Å². The SMILES string of the molecule is Cc1cc(C(=O)N(C)CC(F)F)cc(S(=O)(=O)Cl)c1Br. The van der Waals surface area contributed by atoms with Gasteiger partial charge in [-0.25, -0.2) is 17.2 Å². The van der Waals surface area contributed by atoms with Crippen LogP contribution in [0.15, 0.2) is 21.5 Å². The number of rotatable bonds is 4. The molecule has 0 unspecified atom stereocenters. The molecule has 0 fully saturated rings. The standard InChI is InChI=1S/C11H11BrClF2NO3S/c1-6-3-7(11(17)16(2)5-9(14)15)4-8(10(6)12)20(13,18)19/h3-4,9H,5H2,1-2H3. The molecule has 0 atom stereocenters. The maximum absolute atomic E-state index is 12.3. The molecule has 0 radical (unpaired) electrons. The Kier molecular flexibility index (Phi) is 5.51. The molecule has 1 amide bonds. The van der Waals surface area contributed by atoms with Crippen LogP contribution >= 0.6 is 26.6 Å². The van der Waals surface area contributed by atoms with E-state index in [4.69, 9.17) is 10.7 Å². The summed E-state index contributed by atoms with van der Waals surface area (Å²) in [4.78, 5) is 12.5. The molecule has 0 heterocycles. The van der Waals surface area contributed by atoms with Gasteiger partial charge in [0.1, 0.15) is 0 Å². The largest absolute Gasteiger partial charge is 0.336 e. The lowest BCUT2D eigenvalue weighted by Crippen LogP contribution is -2.31. The lowest BCUT2D eigenvalue weighted by molar-refractivity contribution is 0.0620. The number of halogens is 4. The van der Waals surface area contributed by atoms with E-state index in [1.807, 2.05) is 0 Å². The molecule has 1 aromatic carbocycles. The van der Waals surface area contributed by atoms with Crippen LogP contribution in [0, 0.1) is 6.92 Å². The zero-order chi connectivity index (χ0) is 15.7. The van der Waals surface area contributed by atoms with Gasteiger partial charge in [-0.3, -0.25) is 4.79 Å². The molecule has 112 valence electrons. The molecule has 0 saturated heterocycles. The van der Waals surface area contributed by atoms with Crippen molar-refractivity contribution >= 4 is 41.6 Å². The Bertz CT molecular complexity index is 637. The van der Waals surface area contributed by atoms with Crippen LogP contribution in [-0.4, -0.2) is 39.2 Å². The Balaban J connectivity index is 3.28. The minimum atomic E-state index is -4.05.